The van der Waals surface area contributed by atoms with E-state index in [2.05, 4.69) is 21.9 Å². The van der Waals surface area contributed by atoms with Crippen molar-refractivity contribution < 1.29 is 27.5 Å². The van der Waals surface area contributed by atoms with Crippen molar-refractivity contribution in [3.05, 3.63) is 78.1 Å². The summed E-state index contributed by atoms with van der Waals surface area (Å²) in [7, 11) is 1.09. The highest BCUT2D eigenvalue weighted by atomic mass is 19.4. The summed E-state index contributed by atoms with van der Waals surface area (Å²) in [6.07, 6.45) is -0.386. The van der Waals surface area contributed by atoms with Gasteiger partial charge in [0.1, 0.15) is 23.6 Å². The van der Waals surface area contributed by atoms with Crippen LogP contribution in [0.25, 0.3) is 22.3 Å². The molecular weight excluding hydrogens is 551 g/mol. The van der Waals surface area contributed by atoms with Crippen LogP contribution in [0.5, 0.6) is 5.75 Å². The van der Waals surface area contributed by atoms with Gasteiger partial charge in [0.05, 0.1) is 29.7 Å². The topological polar surface area (TPSA) is 128 Å². The summed E-state index contributed by atoms with van der Waals surface area (Å²) in [4.78, 5) is 35.3. The molecule has 5 rings (SSSR count). The number of nitrogens with zero attached hydrogens (tertiary/aromatic N) is 5. The molecule has 1 aliphatic heterocycles. The Kier molecular flexibility index (Phi) is 7.83. The number of nitrogens with two attached hydrogens (primary N) is 1. The molecule has 1 aliphatic rings. The van der Waals surface area contributed by atoms with E-state index in [0.717, 1.165) is 37.6 Å². The lowest BCUT2D eigenvalue weighted by Gasteiger charge is -2.32. The monoisotopic (exact) mass is 579 g/mol. The number of hydrogen-bond acceptors (Lipinski definition) is 7. The lowest BCUT2D eigenvalue weighted by Crippen LogP contribution is -2.40. The number of ether oxygens (including phenoxy) is 1. The van der Waals surface area contributed by atoms with Crippen LogP contribution in [-0.2, 0) is 17.5 Å². The van der Waals surface area contributed by atoms with E-state index in [1.165, 1.54) is 18.5 Å². The molecule has 2 amide bonds. The van der Waals surface area contributed by atoms with Gasteiger partial charge < -0.3 is 20.7 Å². The second kappa shape index (κ2) is 11.5. The van der Waals surface area contributed by atoms with E-state index in [0.29, 0.717) is 35.4 Å². The third-order valence-electron chi connectivity index (χ3n) is 7.20. The van der Waals surface area contributed by atoms with E-state index >= 15 is 0 Å². The van der Waals surface area contributed by atoms with Crippen LogP contribution in [0.15, 0.2) is 61.4 Å². The molecule has 1 atom stereocenters. The largest absolute Gasteiger partial charge is 0.495 e. The number of likely N-dealkylation sites (tertiary alicyclic amines) is 1. The zero-order valence-electron chi connectivity index (χ0n) is 22.7. The SMILES string of the molecule is C=CC(=O)N1CCC[C@@H](n2nc(-c3ccc(CNC(=O)c4cccc(C(F)(F)F)c4OC)cc3)c3c(N)ncnc32)C1. The Bertz CT molecular complexity index is 1650. The zero-order valence-corrected chi connectivity index (χ0v) is 22.7. The van der Waals surface area contributed by atoms with Gasteiger partial charge in [0.15, 0.2) is 5.65 Å². The number of amides is 2. The summed E-state index contributed by atoms with van der Waals surface area (Å²) < 4.78 is 46.8. The number of nitrogens with one attached hydrogen (secondary N) is 1. The number of piperidine rings is 1. The number of para-hydroxylation sites is 1. The molecule has 2 aromatic carbocycles. The van der Waals surface area contributed by atoms with Crippen molar-refractivity contribution in [2.75, 3.05) is 25.9 Å². The molecule has 1 saturated heterocycles. The molecule has 3 N–H and O–H groups in total. The first-order chi connectivity index (χ1) is 20.1. The highest BCUT2D eigenvalue weighted by Gasteiger charge is 2.36. The number of hydrogen-bond donors (Lipinski definition) is 2. The first kappa shape index (κ1) is 28.6. The predicted molar refractivity (Wildman–Crippen MR) is 149 cm³/mol. The maximum absolute atomic E-state index is 13.3. The van der Waals surface area contributed by atoms with Crippen molar-refractivity contribution in [1.82, 2.24) is 30.0 Å². The van der Waals surface area contributed by atoms with Crippen molar-refractivity contribution in [1.29, 1.82) is 0 Å². The van der Waals surface area contributed by atoms with Crippen LogP contribution >= 0.6 is 0 Å². The minimum atomic E-state index is -4.66. The molecule has 1 fully saturated rings. The first-order valence-electron chi connectivity index (χ1n) is 13.1. The third kappa shape index (κ3) is 5.49. The molecule has 10 nitrogen and oxygen atoms in total. The number of carbonyl (C=O) groups is 2. The molecule has 4 aromatic rings. The Hall–Kier alpha value is -4.94. The summed E-state index contributed by atoms with van der Waals surface area (Å²) >= 11 is 0. The third-order valence-corrected chi connectivity index (χ3v) is 7.20. The van der Waals surface area contributed by atoms with Gasteiger partial charge in [-0.05, 0) is 36.6 Å². The predicted octanol–water partition coefficient (Wildman–Crippen LogP) is 4.38. The molecule has 0 saturated carbocycles. The number of nitrogen functional groups attached to an aromatic ring is 1. The Morgan fingerprint density at radius 3 is 2.64 bits per heavy atom. The number of aromatic nitrogens is 4. The Morgan fingerprint density at radius 1 is 1.19 bits per heavy atom. The number of anilines is 1. The average Bonchev–Trinajstić information content (AvgIpc) is 3.40. The van der Waals surface area contributed by atoms with E-state index in [-0.39, 0.29) is 29.9 Å². The molecule has 218 valence electrons. The van der Waals surface area contributed by atoms with Crippen LogP contribution in [0.4, 0.5) is 19.0 Å². The molecule has 0 radical (unpaired) electrons. The number of halogens is 3. The van der Waals surface area contributed by atoms with Crippen molar-refractivity contribution in [2.45, 2.75) is 31.6 Å². The molecule has 2 aromatic heterocycles. The van der Waals surface area contributed by atoms with Crippen molar-refractivity contribution >= 4 is 28.7 Å². The number of fused-ring (bicyclic) bond motifs is 1. The van der Waals surface area contributed by atoms with E-state index < -0.39 is 23.4 Å². The van der Waals surface area contributed by atoms with Crippen LogP contribution in [-0.4, -0.2) is 56.7 Å². The Balaban J connectivity index is 1.38. The van der Waals surface area contributed by atoms with Gasteiger partial charge >= 0.3 is 6.18 Å². The fraction of sp³-hybridized carbons (Fsp3) is 0.276. The maximum Gasteiger partial charge on any atom is 0.419 e. The van der Waals surface area contributed by atoms with Gasteiger partial charge in [-0.15, -0.1) is 0 Å². The van der Waals surface area contributed by atoms with Crippen LogP contribution in [0, 0.1) is 0 Å². The Morgan fingerprint density at radius 2 is 1.95 bits per heavy atom. The first-order valence-corrected chi connectivity index (χ1v) is 13.1. The maximum atomic E-state index is 13.3. The van der Waals surface area contributed by atoms with Crippen LogP contribution in [0.3, 0.4) is 0 Å². The number of carbonyl (C=O) groups excluding carboxylic acids is 2. The highest BCUT2D eigenvalue weighted by Crippen LogP contribution is 2.38. The summed E-state index contributed by atoms with van der Waals surface area (Å²) in [6.45, 7) is 4.75. The van der Waals surface area contributed by atoms with E-state index in [1.807, 2.05) is 0 Å². The van der Waals surface area contributed by atoms with Gasteiger partial charge in [-0.1, -0.05) is 36.9 Å². The van der Waals surface area contributed by atoms with Gasteiger partial charge in [-0.25, -0.2) is 14.6 Å². The van der Waals surface area contributed by atoms with Crippen LogP contribution in [0.1, 0.15) is 40.4 Å². The molecule has 0 bridgehead atoms. The minimum Gasteiger partial charge on any atom is -0.495 e. The molecular formula is C29H28F3N7O3. The van der Waals surface area contributed by atoms with Gasteiger partial charge in [0.25, 0.3) is 5.91 Å². The molecule has 0 spiro atoms. The van der Waals surface area contributed by atoms with E-state index in [1.54, 1.807) is 33.8 Å². The van der Waals surface area contributed by atoms with Gasteiger partial charge in [0.2, 0.25) is 5.91 Å². The number of benzene rings is 2. The summed E-state index contributed by atoms with van der Waals surface area (Å²) in [6, 6.07) is 10.3. The number of alkyl halides is 3. The van der Waals surface area contributed by atoms with Crippen LogP contribution in [0.2, 0.25) is 0 Å². The van der Waals surface area contributed by atoms with Crippen molar-refractivity contribution in [3.63, 3.8) is 0 Å². The van der Waals surface area contributed by atoms with E-state index in [9.17, 15) is 22.8 Å². The van der Waals surface area contributed by atoms with Crippen LogP contribution < -0.4 is 15.8 Å². The number of methoxy groups -OCH3 is 1. The highest BCUT2D eigenvalue weighted by molar-refractivity contribution is 5.99. The number of rotatable bonds is 7. The molecule has 13 heteroatoms. The average molecular weight is 580 g/mol. The minimum absolute atomic E-state index is 0.0637. The quantitative estimate of drug-likeness (QED) is 0.311. The molecule has 42 heavy (non-hydrogen) atoms. The fourth-order valence-corrected chi connectivity index (χ4v) is 5.15. The molecule has 3 heterocycles. The van der Waals surface area contributed by atoms with Gasteiger partial charge in [-0.2, -0.15) is 18.3 Å². The summed E-state index contributed by atoms with van der Waals surface area (Å²) in [5, 5.41) is 8.08. The van der Waals surface area contributed by atoms with Crippen molar-refractivity contribution in [2.24, 2.45) is 0 Å². The normalized spacial score (nSPS) is 15.4. The lowest BCUT2D eigenvalue weighted by molar-refractivity contribution is -0.138. The summed E-state index contributed by atoms with van der Waals surface area (Å²) in [5.41, 5.74) is 7.57. The lowest BCUT2D eigenvalue weighted by atomic mass is 10.1. The van der Waals surface area contributed by atoms with Crippen molar-refractivity contribution in [3.8, 4) is 17.0 Å². The Labute approximate surface area is 239 Å². The second-order valence-corrected chi connectivity index (χ2v) is 9.80. The standard InChI is InChI=1S/C29H28F3N7O3/c1-3-22(40)38-13-5-6-19(15-38)39-27-23(26(33)35-16-36-27)24(37-39)18-11-9-17(10-12-18)14-34-28(41)20-7-4-8-21(25(20)42-2)29(30,31)32/h3-4,7-12,16,19H,1,5-6,13-15H2,2H3,(H,34,41)(H2,33,35,36)/t19-/m1/s1. The zero-order chi connectivity index (χ0) is 30.0. The fourth-order valence-electron chi connectivity index (χ4n) is 5.15. The summed E-state index contributed by atoms with van der Waals surface area (Å²) in [5.74, 6) is -1.11. The smallest absolute Gasteiger partial charge is 0.419 e. The second-order valence-electron chi connectivity index (χ2n) is 9.80. The molecule has 0 unspecified atom stereocenters. The van der Waals surface area contributed by atoms with E-state index in [4.69, 9.17) is 15.6 Å². The van der Waals surface area contributed by atoms with Gasteiger partial charge in [-0.3, -0.25) is 9.59 Å². The molecule has 0 aliphatic carbocycles. The van der Waals surface area contributed by atoms with Gasteiger partial charge in [0, 0.05) is 25.2 Å².